The highest BCUT2D eigenvalue weighted by molar-refractivity contribution is 9.10. The molecule has 1 rings (SSSR count). The van der Waals surface area contributed by atoms with E-state index in [2.05, 4.69) is 21.2 Å². The van der Waals surface area contributed by atoms with Crippen molar-refractivity contribution in [2.75, 3.05) is 19.8 Å². The molecule has 0 saturated carbocycles. The number of benzene rings is 1. The molecule has 20 heavy (non-hydrogen) atoms. The fourth-order valence-electron chi connectivity index (χ4n) is 1.88. The number of halogens is 2. The molecular weight excluding hydrogens is 325 g/mol. The van der Waals surface area contributed by atoms with Crippen molar-refractivity contribution in [3.63, 3.8) is 0 Å². The van der Waals surface area contributed by atoms with Gasteiger partial charge < -0.3 is 14.8 Å². The SMILES string of the molecule is CCOC(CCCNCc1cc(Br)ccc1F)OCC. The molecular formula is C15H23BrFNO2. The van der Waals surface area contributed by atoms with Crippen LogP contribution in [-0.4, -0.2) is 26.0 Å². The summed E-state index contributed by atoms with van der Waals surface area (Å²) in [7, 11) is 0. The Balaban J connectivity index is 2.22. The van der Waals surface area contributed by atoms with Crippen LogP contribution in [0.3, 0.4) is 0 Å². The molecule has 0 unspecified atom stereocenters. The lowest BCUT2D eigenvalue weighted by molar-refractivity contribution is -0.139. The van der Waals surface area contributed by atoms with Gasteiger partial charge in [0.1, 0.15) is 5.82 Å². The largest absolute Gasteiger partial charge is 0.353 e. The topological polar surface area (TPSA) is 30.5 Å². The Morgan fingerprint density at radius 2 is 1.95 bits per heavy atom. The molecule has 0 aliphatic rings. The molecule has 0 aliphatic carbocycles. The zero-order chi connectivity index (χ0) is 14.8. The monoisotopic (exact) mass is 347 g/mol. The Labute approximate surface area is 129 Å². The van der Waals surface area contributed by atoms with Crippen LogP contribution in [0.1, 0.15) is 32.3 Å². The molecule has 0 saturated heterocycles. The summed E-state index contributed by atoms with van der Waals surface area (Å²) in [6, 6.07) is 4.97. The van der Waals surface area contributed by atoms with E-state index in [1.54, 1.807) is 12.1 Å². The molecule has 0 aromatic heterocycles. The van der Waals surface area contributed by atoms with E-state index in [0.717, 1.165) is 23.9 Å². The maximum atomic E-state index is 13.5. The van der Waals surface area contributed by atoms with Gasteiger partial charge in [0.15, 0.2) is 6.29 Å². The van der Waals surface area contributed by atoms with E-state index in [0.29, 0.717) is 25.3 Å². The zero-order valence-electron chi connectivity index (χ0n) is 12.1. The van der Waals surface area contributed by atoms with E-state index in [9.17, 15) is 4.39 Å². The normalized spacial score (nSPS) is 11.2. The molecule has 0 spiro atoms. The highest BCUT2D eigenvalue weighted by Crippen LogP contribution is 2.15. The second-order valence-corrected chi connectivity index (χ2v) is 5.31. The Morgan fingerprint density at radius 3 is 2.60 bits per heavy atom. The Morgan fingerprint density at radius 1 is 1.25 bits per heavy atom. The molecule has 1 aromatic carbocycles. The molecule has 0 fully saturated rings. The minimum Gasteiger partial charge on any atom is -0.353 e. The van der Waals surface area contributed by atoms with Crippen LogP contribution in [0.5, 0.6) is 0 Å². The molecule has 0 aliphatic heterocycles. The first kappa shape index (κ1) is 17.6. The molecule has 5 heteroatoms. The highest BCUT2D eigenvalue weighted by atomic mass is 79.9. The van der Waals surface area contributed by atoms with Gasteiger partial charge in [-0.15, -0.1) is 0 Å². The number of nitrogens with one attached hydrogen (secondary N) is 1. The molecule has 0 heterocycles. The Hall–Kier alpha value is -0.490. The molecule has 1 N–H and O–H groups in total. The Bertz CT molecular complexity index is 384. The van der Waals surface area contributed by atoms with Crippen LogP contribution >= 0.6 is 15.9 Å². The highest BCUT2D eigenvalue weighted by Gasteiger charge is 2.07. The molecule has 3 nitrogen and oxygen atoms in total. The Kier molecular flexibility index (Phi) is 9.02. The lowest BCUT2D eigenvalue weighted by Gasteiger charge is -2.16. The smallest absolute Gasteiger partial charge is 0.157 e. The van der Waals surface area contributed by atoms with Crippen molar-refractivity contribution in [1.82, 2.24) is 5.32 Å². The second kappa shape index (κ2) is 10.3. The van der Waals surface area contributed by atoms with Gasteiger partial charge in [0.05, 0.1) is 0 Å². The number of hydrogen-bond acceptors (Lipinski definition) is 3. The van der Waals surface area contributed by atoms with Crippen molar-refractivity contribution in [1.29, 1.82) is 0 Å². The van der Waals surface area contributed by atoms with E-state index in [1.807, 2.05) is 13.8 Å². The lowest BCUT2D eigenvalue weighted by Crippen LogP contribution is -2.21. The zero-order valence-corrected chi connectivity index (χ0v) is 13.7. The summed E-state index contributed by atoms with van der Waals surface area (Å²) in [6.07, 6.45) is 1.64. The van der Waals surface area contributed by atoms with E-state index < -0.39 is 0 Å². The molecule has 0 amide bonds. The maximum absolute atomic E-state index is 13.5. The summed E-state index contributed by atoms with van der Waals surface area (Å²) in [4.78, 5) is 0. The van der Waals surface area contributed by atoms with Gasteiger partial charge in [-0.2, -0.15) is 0 Å². The minimum absolute atomic E-state index is 0.130. The van der Waals surface area contributed by atoms with Crippen molar-refractivity contribution in [3.05, 3.63) is 34.1 Å². The first-order chi connectivity index (χ1) is 9.67. The van der Waals surface area contributed by atoms with Gasteiger partial charge in [-0.1, -0.05) is 15.9 Å². The van der Waals surface area contributed by atoms with E-state index in [1.165, 1.54) is 6.07 Å². The van der Waals surface area contributed by atoms with Crippen molar-refractivity contribution in [2.45, 2.75) is 39.5 Å². The van der Waals surface area contributed by atoms with Crippen LogP contribution in [0.2, 0.25) is 0 Å². The van der Waals surface area contributed by atoms with Crippen LogP contribution in [0.25, 0.3) is 0 Å². The van der Waals surface area contributed by atoms with E-state index in [4.69, 9.17) is 9.47 Å². The van der Waals surface area contributed by atoms with Gasteiger partial charge in [-0.25, -0.2) is 4.39 Å². The summed E-state index contributed by atoms with van der Waals surface area (Å²) >= 11 is 3.35. The van der Waals surface area contributed by atoms with Crippen LogP contribution in [-0.2, 0) is 16.0 Å². The van der Waals surface area contributed by atoms with Gasteiger partial charge in [-0.3, -0.25) is 0 Å². The molecule has 1 aromatic rings. The average molecular weight is 348 g/mol. The van der Waals surface area contributed by atoms with Gasteiger partial charge in [-0.05, 0) is 51.4 Å². The molecule has 114 valence electrons. The second-order valence-electron chi connectivity index (χ2n) is 4.39. The third kappa shape index (κ3) is 6.79. The number of rotatable bonds is 10. The standard InChI is InChI=1S/C15H23BrFNO2/c1-3-19-15(20-4-2)6-5-9-18-11-12-10-13(16)7-8-14(12)17/h7-8,10,15,18H,3-6,9,11H2,1-2H3. The summed E-state index contributed by atoms with van der Waals surface area (Å²) < 4.78 is 25.3. The quantitative estimate of drug-likeness (QED) is 0.515. The summed E-state index contributed by atoms with van der Waals surface area (Å²) in [5.74, 6) is -0.179. The fourth-order valence-corrected chi connectivity index (χ4v) is 2.29. The van der Waals surface area contributed by atoms with Gasteiger partial charge in [0.2, 0.25) is 0 Å². The summed E-state index contributed by atoms with van der Waals surface area (Å²) in [5.41, 5.74) is 0.672. The number of ether oxygens (including phenoxy) is 2. The molecule has 0 atom stereocenters. The van der Waals surface area contributed by atoms with Crippen molar-refractivity contribution in [3.8, 4) is 0 Å². The number of hydrogen-bond donors (Lipinski definition) is 1. The first-order valence-electron chi connectivity index (χ1n) is 7.05. The average Bonchev–Trinajstić information content (AvgIpc) is 2.42. The predicted octanol–water partition coefficient (Wildman–Crippen LogP) is 3.86. The van der Waals surface area contributed by atoms with Crippen LogP contribution in [0.15, 0.2) is 22.7 Å². The van der Waals surface area contributed by atoms with Gasteiger partial charge in [0.25, 0.3) is 0 Å². The van der Waals surface area contributed by atoms with Crippen LogP contribution < -0.4 is 5.32 Å². The third-order valence-electron chi connectivity index (χ3n) is 2.82. The third-order valence-corrected chi connectivity index (χ3v) is 3.31. The van der Waals surface area contributed by atoms with Gasteiger partial charge >= 0.3 is 0 Å². The van der Waals surface area contributed by atoms with Crippen molar-refractivity contribution in [2.24, 2.45) is 0 Å². The summed E-state index contributed by atoms with van der Waals surface area (Å²) in [5, 5.41) is 3.24. The van der Waals surface area contributed by atoms with Crippen molar-refractivity contribution >= 4 is 15.9 Å². The van der Waals surface area contributed by atoms with Crippen LogP contribution in [0.4, 0.5) is 4.39 Å². The predicted molar refractivity (Wildman–Crippen MR) is 82.1 cm³/mol. The molecule has 0 bridgehead atoms. The van der Waals surface area contributed by atoms with Gasteiger partial charge in [0, 0.05) is 29.8 Å². The van der Waals surface area contributed by atoms with Crippen LogP contribution in [0, 0.1) is 5.82 Å². The maximum Gasteiger partial charge on any atom is 0.157 e. The van der Waals surface area contributed by atoms with Crippen molar-refractivity contribution < 1.29 is 13.9 Å². The molecule has 0 radical (unpaired) electrons. The van der Waals surface area contributed by atoms with E-state index >= 15 is 0 Å². The minimum atomic E-state index is -0.179. The fraction of sp³-hybridized carbons (Fsp3) is 0.600. The first-order valence-corrected chi connectivity index (χ1v) is 7.84. The summed E-state index contributed by atoms with van der Waals surface area (Å²) in [6.45, 7) is 6.56. The lowest BCUT2D eigenvalue weighted by atomic mass is 10.2. The van der Waals surface area contributed by atoms with E-state index in [-0.39, 0.29) is 12.1 Å².